The van der Waals surface area contributed by atoms with E-state index in [0.717, 1.165) is 83.6 Å². The van der Waals surface area contributed by atoms with Crippen molar-refractivity contribution in [1.82, 2.24) is 14.7 Å². The van der Waals surface area contributed by atoms with Crippen LogP contribution in [0.5, 0.6) is 17.2 Å². The standard InChI is InChI=1S/C48H70N4O4.C32H40N2O6.C32H40N2O4/c1-15-19-21-31(17-3)45(55)49-37-25-39-35(47(11,12)29(9)51(39)27(5)6)23-33(37)41-43(53)42(44(41)54)34-24-36-40(52(28(7)8)30(10)48(36,13)14)26-38(34)50-46(56)32(18-4)22-20-16-2;1-13(2)33-15(5)31(7,8)25-17(33)11-19(35)21(29(25)39)23-27(37)24(28(23)38)22-20(36)12-18-26(30(22)40)32(9,10)16(6)34(18)14(3)4;1-15(2)33-17(5)31(7,8)21-11-19(25(35)13-23(21)33)27-29(37)28(30(27)38)20-12-22-24(14-26(20)36)34(16(3)4)18(6)32(22,9)10/h23-32,53H,15-22H2,1-14H3,(H,49,55);11-16,35,37,39-40H,1-10H3;11-18,35,37H,1-10H3/b;24-22-;28-20+. The second kappa shape index (κ2) is 35.3. The molecule has 3 aromatic rings. The normalized spacial score (nSPS) is 26.1. The van der Waals surface area contributed by atoms with Crippen molar-refractivity contribution in [3.05, 3.63) is 184 Å². The molecule has 15 rings (SSSR count). The van der Waals surface area contributed by atoms with Gasteiger partial charge in [0.1, 0.15) is 40.3 Å². The molecule has 0 spiro atoms. The maximum absolute atomic E-state index is 14.8. The van der Waals surface area contributed by atoms with Gasteiger partial charge in [0, 0.05) is 209 Å². The van der Waals surface area contributed by atoms with Crippen LogP contribution in [0.4, 0.5) is 22.7 Å². The summed E-state index contributed by atoms with van der Waals surface area (Å²) in [5, 5.41) is 82.8. The number of carbonyl (C=O) groups excluding carboxylic acids is 7. The molecule has 22 nitrogen and oxygen atoms in total. The van der Waals surface area contributed by atoms with Gasteiger partial charge < -0.3 is 70.5 Å². The van der Waals surface area contributed by atoms with Crippen molar-refractivity contribution in [2.45, 2.75) is 376 Å². The van der Waals surface area contributed by atoms with Gasteiger partial charge in [0.15, 0.2) is 11.6 Å². The minimum atomic E-state index is -0.718. The third-order valence-electron chi connectivity index (χ3n) is 33.2. The van der Waals surface area contributed by atoms with Crippen molar-refractivity contribution in [2.75, 3.05) is 20.0 Å². The number of nitrogens with zero attached hydrogens (tertiary/aromatic N) is 7. The number of hydrogen-bond donors (Lipinski definition) is 8. The lowest BCUT2D eigenvalue weighted by Crippen LogP contribution is -2.42. The smallest absolute Gasteiger partial charge is 0.249 e. The van der Waals surface area contributed by atoms with Crippen molar-refractivity contribution in [3.8, 4) is 17.2 Å². The molecule has 8 atom stereocenters. The number of fused-ring (bicyclic) bond motifs is 6. The molecule has 0 bridgehead atoms. The van der Waals surface area contributed by atoms with E-state index in [1.165, 1.54) is 12.1 Å². The van der Waals surface area contributed by atoms with Crippen molar-refractivity contribution >= 4 is 85.9 Å². The number of nitrogens with one attached hydrogen (secondary N) is 1. The fourth-order valence-electron chi connectivity index (χ4n) is 23.7. The Balaban J connectivity index is 0.000000175. The fourth-order valence-corrected chi connectivity index (χ4v) is 23.7. The van der Waals surface area contributed by atoms with E-state index >= 15 is 0 Å². The molecule has 8 N–H and O–H groups in total. The Morgan fingerprint density at radius 2 is 0.776 bits per heavy atom. The van der Waals surface area contributed by atoms with Crippen LogP contribution in [0.1, 0.15) is 320 Å². The molecule has 3 saturated heterocycles. The van der Waals surface area contributed by atoms with Crippen LogP contribution in [0.15, 0.2) is 156 Å². The Hall–Kier alpha value is -10.9. The van der Waals surface area contributed by atoms with E-state index in [2.05, 4.69) is 187 Å². The van der Waals surface area contributed by atoms with E-state index < -0.39 is 33.9 Å². The Bertz CT molecular complexity index is 5970. The number of unbranched alkanes of at least 4 members (excludes halogenated alkanes) is 2. The molecule has 134 heavy (non-hydrogen) atoms. The molecule has 3 fully saturated rings. The number of anilines is 4. The number of carbonyl (C=O) groups is 7. The highest BCUT2D eigenvalue weighted by Crippen LogP contribution is 2.62. The molecule has 22 heteroatoms. The first-order chi connectivity index (χ1) is 62.2. The molecule has 2 amide bonds. The Labute approximate surface area is 795 Å². The van der Waals surface area contributed by atoms with Crippen LogP contribution in [0.2, 0.25) is 0 Å². The summed E-state index contributed by atoms with van der Waals surface area (Å²) in [6.07, 6.45) is 15.6. The van der Waals surface area contributed by atoms with Gasteiger partial charge in [-0.15, -0.1) is 0 Å². The first kappa shape index (κ1) is 101. The second-order valence-corrected chi connectivity index (χ2v) is 44.7. The zero-order chi connectivity index (χ0) is 99.8. The number of ketones is 5. The lowest BCUT2D eigenvalue weighted by atomic mass is 9.73. The van der Waals surface area contributed by atoms with E-state index in [9.17, 15) is 69.3 Å². The summed E-state index contributed by atoms with van der Waals surface area (Å²) in [5.74, 6) is -4.81. The third-order valence-corrected chi connectivity index (χ3v) is 33.2. The molecule has 6 heterocycles. The summed E-state index contributed by atoms with van der Waals surface area (Å²) >= 11 is 0. The van der Waals surface area contributed by atoms with Gasteiger partial charge in [-0.2, -0.15) is 0 Å². The summed E-state index contributed by atoms with van der Waals surface area (Å²) in [4.78, 5) is 115. The Morgan fingerprint density at radius 1 is 0.388 bits per heavy atom. The van der Waals surface area contributed by atoms with Gasteiger partial charge >= 0.3 is 0 Å². The number of phenolic OH excluding ortho intramolecular Hbond substituents is 3. The number of aromatic hydroxyl groups is 3. The number of aliphatic imine (C=N–C) groups is 1. The first-order valence-corrected chi connectivity index (χ1v) is 49.3. The molecule has 6 aliphatic heterocycles. The number of aliphatic hydroxyl groups excluding tert-OH is 4. The molecule has 722 valence electrons. The van der Waals surface area contributed by atoms with Gasteiger partial charge in [-0.25, -0.2) is 4.99 Å². The van der Waals surface area contributed by atoms with Crippen LogP contribution in [-0.2, 0) is 49.8 Å². The van der Waals surface area contributed by atoms with E-state index in [0.29, 0.717) is 63.5 Å². The van der Waals surface area contributed by atoms with Gasteiger partial charge in [0.05, 0.1) is 56.0 Å². The number of Topliss-reactive ketones (excluding diaryl/α,β-unsaturated/α-hetero) is 3. The summed E-state index contributed by atoms with van der Waals surface area (Å²) < 4.78 is 0. The first-order valence-electron chi connectivity index (χ1n) is 49.3. The van der Waals surface area contributed by atoms with Crippen LogP contribution >= 0.6 is 0 Å². The van der Waals surface area contributed by atoms with E-state index in [-0.39, 0.29) is 214 Å². The maximum atomic E-state index is 14.8. The van der Waals surface area contributed by atoms with Crippen LogP contribution in [0.25, 0.3) is 16.7 Å². The zero-order valence-electron chi connectivity index (χ0n) is 86.1. The number of benzene rings is 3. The summed E-state index contributed by atoms with van der Waals surface area (Å²) in [7, 11) is 0. The SMILES string of the molecule is CC(C)N1C2=CC(=O)/C(=C3/C(=O)C(c4c(O)cc5c(c4O)C(C)(C)C(C)N5C(C)C)=C3O)C(O)=C2C(C)(C)C1C.CC(C)N1C2=CC(=O)/C(=C3/C(=O)C(c4cc5c(cc4O)N(C(C)C)C(C)C5(C)C)=C3O)C=C2C(C)(C)C1C.CCCCC(CC)C(=O)N=C1C=C2C(=CC1=C1C(=O)C(c3cc4c(cc3NC(=O)C(CC)CCCC)N(C(C)C)C(C)C4(C)C)=C1O)C(C)(C)C(C)N2C(C)C. The predicted molar refractivity (Wildman–Crippen MR) is 538 cm³/mol. The van der Waals surface area contributed by atoms with Crippen LogP contribution in [0.3, 0.4) is 0 Å². The number of allylic oxidation sites excluding steroid dienone is 17. The highest BCUT2D eigenvalue weighted by atomic mass is 16.3. The summed E-state index contributed by atoms with van der Waals surface area (Å²) in [6, 6.07) is 10.8. The Morgan fingerprint density at radius 3 is 1.25 bits per heavy atom. The van der Waals surface area contributed by atoms with Crippen molar-refractivity contribution in [2.24, 2.45) is 33.1 Å². The summed E-state index contributed by atoms with van der Waals surface area (Å²) in [6.45, 7) is 71.8. The van der Waals surface area contributed by atoms with Crippen molar-refractivity contribution in [1.29, 1.82) is 0 Å². The van der Waals surface area contributed by atoms with Gasteiger partial charge in [-0.1, -0.05) is 136 Å². The van der Waals surface area contributed by atoms with E-state index in [1.807, 2.05) is 113 Å². The largest absolute Gasteiger partial charge is 0.507 e. The minimum absolute atomic E-state index is 0.00706. The number of aliphatic hydroxyl groups is 4. The fraction of sp³-hybridized carbons (Fsp3) is 0.554. The number of hydrogen-bond acceptors (Lipinski definition) is 20. The maximum Gasteiger partial charge on any atom is 0.249 e. The topological polar surface area (TPSA) is 305 Å². The summed E-state index contributed by atoms with van der Waals surface area (Å²) in [5.41, 5.74) is 10.4. The van der Waals surface area contributed by atoms with E-state index in [4.69, 9.17) is 4.99 Å². The zero-order valence-corrected chi connectivity index (χ0v) is 86.1. The van der Waals surface area contributed by atoms with Gasteiger partial charge in [0.25, 0.3) is 0 Å². The molecular formula is C112H150N8O14. The average molecular weight is 1830 g/mol. The molecule has 8 unspecified atom stereocenters. The van der Waals surface area contributed by atoms with E-state index in [1.54, 1.807) is 18.2 Å². The predicted octanol–water partition coefficient (Wildman–Crippen LogP) is 22.6. The third kappa shape index (κ3) is 15.4. The number of phenols is 3. The lowest BCUT2D eigenvalue weighted by molar-refractivity contribution is -0.122. The van der Waals surface area contributed by atoms with Gasteiger partial charge in [-0.3, -0.25) is 33.6 Å². The monoisotopic (exact) mass is 1830 g/mol. The van der Waals surface area contributed by atoms with Crippen molar-refractivity contribution in [3.63, 3.8) is 0 Å². The van der Waals surface area contributed by atoms with Gasteiger partial charge in [0.2, 0.25) is 29.2 Å². The second-order valence-electron chi connectivity index (χ2n) is 44.7. The highest BCUT2D eigenvalue weighted by molar-refractivity contribution is 6.44. The lowest BCUT2D eigenvalue weighted by Gasteiger charge is -2.34. The molecular weight excluding hydrogens is 1680 g/mol. The number of likely N-dealkylation sites (tertiary alicyclic amines) is 3. The quantitative estimate of drug-likeness (QED) is 0.0488. The average Bonchev–Trinajstić information content (AvgIpc) is 1.38. The molecule has 12 aliphatic rings. The Kier molecular flexibility index (Phi) is 26.5. The molecule has 6 aliphatic carbocycles. The molecule has 0 saturated carbocycles. The van der Waals surface area contributed by atoms with Crippen LogP contribution < -0.4 is 20.0 Å². The number of amides is 2. The molecule has 0 aromatic heterocycles. The number of rotatable bonds is 20. The molecule has 3 aromatic carbocycles. The van der Waals surface area contributed by atoms with Crippen LogP contribution in [-0.4, -0.2) is 169 Å². The molecule has 0 radical (unpaired) electrons. The van der Waals surface area contributed by atoms with Crippen molar-refractivity contribution < 1.29 is 69.3 Å². The highest BCUT2D eigenvalue weighted by Gasteiger charge is 2.57. The van der Waals surface area contributed by atoms with Crippen LogP contribution in [0, 0.1) is 28.1 Å². The minimum Gasteiger partial charge on any atom is -0.507 e. The van der Waals surface area contributed by atoms with Gasteiger partial charge in [-0.05, 0) is 209 Å².